The van der Waals surface area contributed by atoms with Crippen LogP contribution in [0.1, 0.15) is 62.4 Å². The van der Waals surface area contributed by atoms with Crippen LogP contribution in [0.4, 0.5) is 8.78 Å². The second kappa shape index (κ2) is 8.84. The second-order valence-electron chi connectivity index (χ2n) is 9.62. The summed E-state index contributed by atoms with van der Waals surface area (Å²) in [5.41, 5.74) is -0.520. The van der Waals surface area contributed by atoms with Crippen LogP contribution < -0.4 is 10.9 Å². The Balaban J connectivity index is 1.70. The average Bonchev–Trinajstić information content (AvgIpc) is 3.44. The van der Waals surface area contributed by atoms with E-state index in [1.54, 1.807) is 6.92 Å². The largest absolute Gasteiger partial charge is 0.494 e. The summed E-state index contributed by atoms with van der Waals surface area (Å²) >= 11 is 0. The standard InChI is InChI=1S/C23H29F2N5O4/c1-13(2)12-29-20-15(4-7-17(31)28-9-8-23(24,25)10-14(28)3)11-26-30(20)22(34)18(21(29)33)19(32)27-16-5-6-16/h4,7,11,13-14,16,33H,5-6,8-10,12H2,1-3H3,(H,27,32). The normalized spacial score (nSPS) is 20.4. The van der Waals surface area contributed by atoms with Crippen molar-refractivity contribution in [1.29, 1.82) is 0 Å². The lowest BCUT2D eigenvalue weighted by Gasteiger charge is -2.36. The number of nitrogens with zero attached hydrogens (tertiary/aromatic N) is 4. The van der Waals surface area contributed by atoms with Crippen molar-refractivity contribution in [1.82, 2.24) is 24.4 Å². The molecule has 184 valence electrons. The molecule has 1 saturated carbocycles. The summed E-state index contributed by atoms with van der Waals surface area (Å²) in [5.74, 6) is -4.26. The van der Waals surface area contributed by atoms with E-state index in [0.29, 0.717) is 5.56 Å². The highest BCUT2D eigenvalue weighted by Crippen LogP contribution is 2.32. The van der Waals surface area contributed by atoms with Gasteiger partial charge in [0, 0.05) is 49.7 Å². The molecule has 0 aromatic carbocycles. The Morgan fingerprint density at radius 3 is 2.68 bits per heavy atom. The molecule has 2 aromatic heterocycles. The Morgan fingerprint density at radius 2 is 2.06 bits per heavy atom. The van der Waals surface area contributed by atoms with E-state index in [0.717, 1.165) is 17.4 Å². The fourth-order valence-corrected chi connectivity index (χ4v) is 4.28. The van der Waals surface area contributed by atoms with Gasteiger partial charge in [-0.25, -0.2) is 8.78 Å². The number of fused-ring (bicyclic) bond motifs is 1. The first-order valence-corrected chi connectivity index (χ1v) is 11.5. The summed E-state index contributed by atoms with van der Waals surface area (Å²) < 4.78 is 29.7. The molecular weight excluding hydrogens is 448 g/mol. The first kappa shape index (κ1) is 23.9. The number of alkyl halides is 2. The molecule has 1 aliphatic heterocycles. The molecule has 4 rings (SSSR count). The molecule has 3 heterocycles. The molecule has 11 heteroatoms. The van der Waals surface area contributed by atoms with E-state index >= 15 is 0 Å². The number of likely N-dealkylation sites (tertiary alicyclic amines) is 1. The number of aromatic hydroxyl groups is 1. The van der Waals surface area contributed by atoms with Gasteiger partial charge in [0.05, 0.1) is 6.20 Å². The van der Waals surface area contributed by atoms with Crippen molar-refractivity contribution in [2.45, 2.75) is 71.0 Å². The Morgan fingerprint density at radius 1 is 1.35 bits per heavy atom. The van der Waals surface area contributed by atoms with Gasteiger partial charge in [0.25, 0.3) is 17.4 Å². The molecule has 2 amide bonds. The van der Waals surface area contributed by atoms with Crippen LogP contribution in [-0.2, 0) is 11.3 Å². The maximum Gasteiger partial charge on any atom is 0.291 e. The summed E-state index contributed by atoms with van der Waals surface area (Å²) in [5, 5.41) is 17.7. The van der Waals surface area contributed by atoms with Gasteiger partial charge in [0.1, 0.15) is 5.65 Å². The fourth-order valence-electron chi connectivity index (χ4n) is 4.28. The van der Waals surface area contributed by atoms with E-state index in [9.17, 15) is 28.3 Å². The summed E-state index contributed by atoms with van der Waals surface area (Å²) in [6.07, 6.45) is 4.95. The highest BCUT2D eigenvalue weighted by atomic mass is 19.3. The Labute approximate surface area is 195 Å². The third-order valence-corrected chi connectivity index (χ3v) is 6.13. The van der Waals surface area contributed by atoms with E-state index in [1.807, 2.05) is 13.8 Å². The van der Waals surface area contributed by atoms with Crippen molar-refractivity contribution in [2.75, 3.05) is 6.54 Å². The Bertz CT molecular complexity index is 1210. The van der Waals surface area contributed by atoms with Crippen LogP contribution in [0, 0.1) is 5.92 Å². The topological polar surface area (TPSA) is 109 Å². The number of piperidine rings is 1. The van der Waals surface area contributed by atoms with Gasteiger partial charge in [0.15, 0.2) is 5.56 Å². The highest BCUT2D eigenvalue weighted by Gasteiger charge is 2.39. The molecule has 2 aliphatic rings. The zero-order valence-electron chi connectivity index (χ0n) is 19.4. The predicted octanol–water partition coefficient (Wildman–Crippen LogP) is 2.41. The van der Waals surface area contributed by atoms with Crippen molar-refractivity contribution in [3.8, 4) is 5.88 Å². The third-order valence-electron chi connectivity index (χ3n) is 6.13. The molecule has 0 radical (unpaired) electrons. The minimum Gasteiger partial charge on any atom is -0.494 e. The van der Waals surface area contributed by atoms with Gasteiger partial charge in [-0.2, -0.15) is 9.61 Å². The molecule has 2 fully saturated rings. The molecule has 0 spiro atoms. The number of aromatic nitrogens is 3. The molecule has 2 N–H and O–H groups in total. The summed E-state index contributed by atoms with van der Waals surface area (Å²) in [6.45, 7) is 5.66. The molecule has 0 bridgehead atoms. The summed E-state index contributed by atoms with van der Waals surface area (Å²) in [6, 6.07) is -0.611. The van der Waals surface area contributed by atoms with Gasteiger partial charge in [0.2, 0.25) is 11.8 Å². The van der Waals surface area contributed by atoms with Crippen LogP contribution in [0.15, 0.2) is 17.1 Å². The number of rotatable bonds is 6. The maximum absolute atomic E-state index is 13.6. The van der Waals surface area contributed by atoms with Gasteiger partial charge < -0.3 is 15.3 Å². The maximum atomic E-state index is 13.6. The number of nitrogens with one attached hydrogen (secondary N) is 1. The van der Waals surface area contributed by atoms with Gasteiger partial charge in [-0.05, 0) is 31.8 Å². The number of halogens is 2. The molecule has 9 nitrogen and oxygen atoms in total. The molecule has 1 saturated heterocycles. The van der Waals surface area contributed by atoms with Crippen LogP contribution in [0.3, 0.4) is 0 Å². The quantitative estimate of drug-likeness (QED) is 0.621. The van der Waals surface area contributed by atoms with Crippen LogP contribution in [0.5, 0.6) is 5.88 Å². The zero-order chi connectivity index (χ0) is 24.8. The van der Waals surface area contributed by atoms with Crippen molar-refractivity contribution in [3.05, 3.63) is 33.8 Å². The molecule has 1 aliphatic carbocycles. The Hall–Kier alpha value is -3.24. The van der Waals surface area contributed by atoms with Gasteiger partial charge in [-0.3, -0.25) is 19.0 Å². The number of carbonyl (C=O) groups excluding carboxylic acids is 2. The SMILES string of the molecule is CC(C)Cn1c(O)c(C(=O)NC2CC2)c(=O)n2ncc(C=CC(=O)N3CCC(F)(F)CC3C)c12. The second-order valence-corrected chi connectivity index (χ2v) is 9.62. The smallest absolute Gasteiger partial charge is 0.291 e. The molecule has 1 atom stereocenters. The fraction of sp³-hybridized carbons (Fsp3) is 0.565. The van der Waals surface area contributed by atoms with Crippen LogP contribution in [0.2, 0.25) is 0 Å². The molecular formula is C23H29F2N5O4. The third kappa shape index (κ3) is 4.69. The summed E-state index contributed by atoms with van der Waals surface area (Å²) in [4.78, 5) is 39.8. The lowest BCUT2D eigenvalue weighted by Crippen LogP contribution is -2.47. The van der Waals surface area contributed by atoms with Crippen LogP contribution in [-0.4, -0.2) is 60.6 Å². The molecule has 1 unspecified atom stereocenters. The average molecular weight is 478 g/mol. The summed E-state index contributed by atoms with van der Waals surface area (Å²) in [7, 11) is 0. The van der Waals surface area contributed by atoms with E-state index < -0.39 is 41.6 Å². The highest BCUT2D eigenvalue weighted by molar-refractivity contribution is 5.97. The Kier molecular flexibility index (Phi) is 6.22. The van der Waals surface area contributed by atoms with Crippen molar-refractivity contribution >= 4 is 23.5 Å². The van der Waals surface area contributed by atoms with E-state index in [-0.39, 0.29) is 42.7 Å². The van der Waals surface area contributed by atoms with Gasteiger partial charge >= 0.3 is 0 Å². The van der Waals surface area contributed by atoms with Crippen molar-refractivity contribution < 1.29 is 23.5 Å². The van der Waals surface area contributed by atoms with Gasteiger partial charge in [-0.15, -0.1) is 0 Å². The predicted molar refractivity (Wildman–Crippen MR) is 121 cm³/mol. The number of hydrogen-bond donors (Lipinski definition) is 2. The number of hydrogen-bond acceptors (Lipinski definition) is 5. The van der Waals surface area contributed by atoms with Gasteiger partial charge in [-0.1, -0.05) is 13.8 Å². The monoisotopic (exact) mass is 477 g/mol. The number of amides is 2. The van der Waals surface area contributed by atoms with E-state index in [4.69, 9.17) is 0 Å². The van der Waals surface area contributed by atoms with E-state index in [1.165, 1.54) is 27.8 Å². The van der Waals surface area contributed by atoms with Crippen LogP contribution >= 0.6 is 0 Å². The van der Waals surface area contributed by atoms with Crippen LogP contribution in [0.25, 0.3) is 11.7 Å². The zero-order valence-corrected chi connectivity index (χ0v) is 19.4. The van der Waals surface area contributed by atoms with Crippen molar-refractivity contribution in [2.24, 2.45) is 5.92 Å². The minimum absolute atomic E-state index is 0.000183. The van der Waals surface area contributed by atoms with E-state index in [2.05, 4.69) is 10.4 Å². The lowest BCUT2D eigenvalue weighted by atomic mass is 9.99. The number of carbonyl (C=O) groups is 2. The lowest BCUT2D eigenvalue weighted by molar-refractivity contribution is -0.136. The molecule has 34 heavy (non-hydrogen) atoms. The first-order chi connectivity index (χ1) is 16.0. The molecule has 2 aromatic rings. The van der Waals surface area contributed by atoms with Crippen molar-refractivity contribution in [3.63, 3.8) is 0 Å². The first-order valence-electron chi connectivity index (χ1n) is 11.5. The minimum atomic E-state index is -2.78.